The molecule has 6 heteroatoms. The monoisotopic (exact) mass is 238 g/mol. The fourth-order valence-electron chi connectivity index (χ4n) is 1.33. The Hall–Kier alpha value is -1.43. The quantitative estimate of drug-likeness (QED) is 0.798. The maximum atomic E-state index is 11.6. The molecule has 0 bridgehead atoms. The van der Waals surface area contributed by atoms with Crippen LogP contribution in [0.15, 0.2) is 4.52 Å². The van der Waals surface area contributed by atoms with Gasteiger partial charge in [-0.1, -0.05) is 25.9 Å². The summed E-state index contributed by atoms with van der Waals surface area (Å²) >= 11 is 0. The molecule has 1 aliphatic carbocycles. The fourth-order valence-corrected chi connectivity index (χ4v) is 1.33. The first-order valence-electron chi connectivity index (χ1n) is 5.71. The zero-order chi connectivity index (χ0) is 12.7. The topological polar surface area (TPSA) is 94.0 Å². The van der Waals surface area contributed by atoms with Crippen molar-refractivity contribution in [1.82, 2.24) is 15.5 Å². The zero-order valence-corrected chi connectivity index (χ0v) is 10.4. The molecule has 1 saturated carbocycles. The van der Waals surface area contributed by atoms with Crippen LogP contribution in [-0.4, -0.2) is 21.6 Å². The van der Waals surface area contributed by atoms with Crippen LogP contribution >= 0.6 is 0 Å². The fraction of sp³-hybridized carbons (Fsp3) is 0.727. The first kappa shape index (κ1) is 12.0. The van der Waals surface area contributed by atoms with E-state index in [1.54, 1.807) is 0 Å². The molecule has 94 valence electrons. The van der Waals surface area contributed by atoms with Crippen LogP contribution in [0.2, 0.25) is 0 Å². The number of carbonyl (C=O) groups is 1. The van der Waals surface area contributed by atoms with Crippen LogP contribution in [-0.2, 0) is 16.8 Å². The summed E-state index contributed by atoms with van der Waals surface area (Å²) in [5.74, 6) is 0.905. The summed E-state index contributed by atoms with van der Waals surface area (Å²) in [6, 6.07) is 0. The molecule has 1 heterocycles. The van der Waals surface area contributed by atoms with Gasteiger partial charge in [0.1, 0.15) is 0 Å². The Morgan fingerprint density at radius 1 is 1.53 bits per heavy atom. The van der Waals surface area contributed by atoms with Gasteiger partial charge in [0.05, 0.1) is 12.1 Å². The van der Waals surface area contributed by atoms with Gasteiger partial charge in [-0.15, -0.1) is 0 Å². The van der Waals surface area contributed by atoms with Crippen LogP contribution in [0.25, 0.3) is 0 Å². The molecular weight excluding hydrogens is 220 g/mol. The highest BCUT2D eigenvalue weighted by atomic mass is 16.5. The minimum atomic E-state index is -0.656. The third-order valence-electron chi connectivity index (χ3n) is 2.76. The smallest absolute Gasteiger partial charge is 0.240 e. The largest absolute Gasteiger partial charge is 0.347 e. The first-order chi connectivity index (χ1) is 7.81. The summed E-state index contributed by atoms with van der Waals surface area (Å²) < 4.78 is 5.12. The molecule has 0 radical (unpaired) electrons. The predicted molar refractivity (Wildman–Crippen MR) is 61.0 cm³/mol. The summed E-state index contributed by atoms with van der Waals surface area (Å²) in [4.78, 5) is 15.8. The third kappa shape index (κ3) is 2.63. The van der Waals surface area contributed by atoms with E-state index in [-0.39, 0.29) is 17.9 Å². The van der Waals surface area contributed by atoms with Crippen molar-refractivity contribution < 1.29 is 9.32 Å². The van der Waals surface area contributed by atoms with Crippen molar-refractivity contribution in [1.29, 1.82) is 0 Å². The Kier molecular flexibility index (Phi) is 2.69. The molecule has 1 aromatic heterocycles. The SMILES string of the molecule is CC(C)(C)c1nc(CNC(=O)C2(N)CC2)no1. The summed E-state index contributed by atoms with van der Waals surface area (Å²) in [5.41, 5.74) is 4.92. The van der Waals surface area contributed by atoms with Crippen molar-refractivity contribution in [3.05, 3.63) is 11.7 Å². The second kappa shape index (κ2) is 3.80. The van der Waals surface area contributed by atoms with Gasteiger partial charge in [0.2, 0.25) is 11.8 Å². The molecule has 3 N–H and O–H groups in total. The molecule has 1 amide bonds. The number of nitrogens with zero attached hydrogens (tertiary/aromatic N) is 2. The highest BCUT2D eigenvalue weighted by Crippen LogP contribution is 2.32. The van der Waals surface area contributed by atoms with Crippen molar-refractivity contribution in [2.75, 3.05) is 0 Å². The molecule has 17 heavy (non-hydrogen) atoms. The number of hydrogen-bond acceptors (Lipinski definition) is 5. The van der Waals surface area contributed by atoms with Gasteiger partial charge in [-0.05, 0) is 12.8 Å². The molecule has 1 aliphatic rings. The van der Waals surface area contributed by atoms with E-state index >= 15 is 0 Å². The standard InChI is InChI=1S/C11H18N4O2/c1-10(2,3)9-14-7(15-17-9)6-13-8(16)11(12)4-5-11/h4-6,12H2,1-3H3,(H,13,16). The number of carbonyl (C=O) groups excluding carboxylic acids is 1. The Bertz CT molecular complexity index is 429. The normalized spacial score (nSPS) is 17.9. The van der Waals surface area contributed by atoms with Crippen LogP contribution in [0, 0.1) is 0 Å². The molecule has 2 rings (SSSR count). The molecule has 0 aliphatic heterocycles. The van der Waals surface area contributed by atoms with Gasteiger partial charge in [0.25, 0.3) is 0 Å². The Morgan fingerprint density at radius 2 is 2.18 bits per heavy atom. The van der Waals surface area contributed by atoms with Gasteiger partial charge in [-0.2, -0.15) is 4.98 Å². The lowest BCUT2D eigenvalue weighted by molar-refractivity contribution is -0.123. The Morgan fingerprint density at radius 3 is 2.65 bits per heavy atom. The molecule has 0 saturated heterocycles. The van der Waals surface area contributed by atoms with Gasteiger partial charge in [0, 0.05) is 5.41 Å². The van der Waals surface area contributed by atoms with Crippen molar-refractivity contribution in [3.63, 3.8) is 0 Å². The van der Waals surface area contributed by atoms with Gasteiger partial charge in [-0.3, -0.25) is 4.79 Å². The van der Waals surface area contributed by atoms with Crippen molar-refractivity contribution >= 4 is 5.91 Å². The van der Waals surface area contributed by atoms with Gasteiger partial charge in [0.15, 0.2) is 5.82 Å². The van der Waals surface area contributed by atoms with Gasteiger partial charge in [-0.25, -0.2) is 0 Å². The molecule has 6 nitrogen and oxygen atoms in total. The van der Waals surface area contributed by atoms with E-state index in [4.69, 9.17) is 10.3 Å². The summed E-state index contributed by atoms with van der Waals surface area (Å²) in [6.07, 6.45) is 1.50. The molecule has 1 fully saturated rings. The lowest BCUT2D eigenvalue weighted by Gasteiger charge is -2.10. The molecular formula is C11H18N4O2. The first-order valence-corrected chi connectivity index (χ1v) is 5.71. The molecule has 0 atom stereocenters. The zero-order valence-electron chi connectivity index (χ0n) is 10.4. The average molecular weight is 238 g/mol. The minimum Gasteiger partial charge on any atom is -0.347 e. The minimum absolute atomic E-state index is 0.139. The molecule has 0 aromatic carbocycles. The Labute approximate surface area is 99.9 Å². The van der Waals surface area contributed by atoms with Crippen LogP contribution in [0.4, 0.5) is 0 Å². The number of aromatic nitrogens is 2. The second-order valence-corrected chi connectivity index (χ2v) is 5.60. The number of nitrogens with two attached hydrogens (primary N) is 1. The average Bonchev–Trinajstić information content (AvgIpc) is 2.81. The molecule has 0 spiro atoms. The lowest BCUT2D eigenvalue weighted by atomic mass is 9.97. The highest BCUT2D eigenvalue weighted by Gasteiger charge is 2.45. The maximum Gasteiger partial charge on any atom is 0.240 e. The lowest BCUT2D eigenvalue weighted by Crippen LogP contribution is -2.42. The maximum absolute atomic E-state index is 11.6. The number of nitrogens with one attached hydrogen (secondary N) is 1. The molecule has 0 unspecified atom stereocenters. The summed E-state index contributed by atoms with van der Waals surface area (Å²) in [5, 5.41) is 6.53. The van der Waals surface area contributed by atoms with Crippen molar-refractivity contribution in [2.45, 2.75) is 51.1 Å². The van der Waals surface area contributed by atoms with Crippen LogP contribution < -0.4 is 11.1 Å². The second-order valence-electron chi connectivity index (χ2n) is 5.60. The van der Waals surface area contributed by atoms with E-state index < -0.39 is 5.54 Å². The Balaban J connectivity index is 1.91. The number of rotatable bonds is 3. The van der Waals surface area contributed by atoms with Crippen LogP contribution in [0.1, 0.15) is 45.3 Å². The van der Waals surface area contributed by atoms with E-state index in [0.29, 0.717) is 11.7 Å². The summed E-state index contributed by atoms with van der Waals surface area (Å²) in [7, 11) is 0. The van der Waals surface area contributed by atoms with Gasteiger partial charge >= 0.3 is 0 Å². The van der Waals surface area contributed by atoms with Gasteiger partial charge < -0.3 is 15.6 Å². The van der Waals surface area contributed by atoms with E-state index in [9.17, 15) is 4.79 Å². The van der Waals surface area contributed by atoms with E-state index in [1.807, 2.05) is 20.8 Å². The van der Waals surface area contributed by atoms with Crippen molar-refractivity contribution in [3.8, 4) is 0 Å². The predicted octanol–water partition coefficient (Wildman–Crippen LogP) is 0.475. The summed E-state index contributed by atoms with van der Waals surface area (Å²) in [6.45, 7) is 6.23. The third-order valence-corrected chi connectivity index (χ3v) is 2.76. The van der Waals surface area contributed by atoms with E-state index in [1.165, 1.54) is 0 Å². The van der Waals surface area contributed by atoms with E-state index in [2.05, 4.69) is 15.5 Å². The number of amides is 1. The van der Waals surface area contributed by atoms with Crippen molar-refractivity contribution in [2.24, 2.45) is 5.73 Å². The van der Waals surface area contributed by atoms with Crippen LogP contribution in [0.3, 0.4) is 0 Å². The van der Waals surface area contributed by atoms with Crippen LogP contribution in [0.5, 0.6) is 0 Å². The van der Waals surface area contributed by atoms with E-state index in [0.717, 1.165) is 12.8 Å². The highest BCUT2D eigenvalue weighted by molar-refractivity contribution is 5.88. The number of hydrogen-bond donors (Lipinski definition) is 2. The molecule has 1 aromatic rings.